The number of nitrogens with zero attached hydrogens (tertiary/aromatic N) is 7. The molecule has 5 rings (SSSR count). The van der Waals surface area contributed by atoms with E-state index in [9.17, 15) is 0 Å². The number of tetrazole rings is 1. The van der Waals surface area contributed by atoms with Gasteiger partial charge in [0.1, 0.15) is 5.82 Å². The minimum Gasteiger partial charge on any atom is -0.256 e. The summed E-state index contributed by atoms with van der Waals surface area (Å²) in [5.74, 6) is 3.34. The van der Waals surface area contributed by atoms with Gasteiger partial charge in [-0.1, -0.05) is 69.4 Å². The normalized spacial score (nSPS) is 14.6. The van der Waals surface area contributed by atoms with Crippen molar-refractivity contribution in [1.29, 1.82) is 0 Å². The second-order valence-corrected chi connectivity index (χ2v) is 8.89. The lowest BCUT2D eigenvalue weighted by Crippen LogP contribution is -2.10. The van der Waals surface area contributed by atoms with Gasteiger partial charge in [-0.05, 0) is 29.2 Å². The van der Waals surface area contributed by atoms with Crippen LogP contribution in [0.15, 0.2) is 42.6 Å². The highest BCUT2D eigenvalue weighted by molar-refractivity contribution is 5.78. The summed E-state index contributed by atoms with van der Waals surface area (Å²) in [6.07, 6.45) is 11.4. The van der Waals surface area contributed by atoms with Gasteiger partial charge in [0.05, 0.1) is 5.69 Å². The van der Waals surface area contributed by atoms with Crippen LogP contribution in [0.1, 0.15) is 62.7 Å². The Hall–Kier alpha value is -3.42. The van der Waals surface area contributed by atoms with Crippen molar-refractivity contribution in [2.24, 2.45) is 5.92 Å². The molecule has 0 radical (unpaired) electrons. The topological polar surface area (TPSA) is 98.1 Å². The van der Waals surface area contributed by atoms with Gasteiger partial charge in [-0.2, -0.15) is 10.3 Å². The fourth-order valence-electron chi connectivity index (χ4n) is 4.73. The van der Waals surface area contributed by atoms with Crippen molar-refractivity contribution >= 4 is 0 Å². The minimum absolute atomic E-state index is 0.564. The molecule has 170 valence electrons. The third-order valence-electron chi connectivity index (χ3n) is 6.40. The lowest BCUT2D eigenvalue weighted by Gasteiger charge is -2.19. The molecule has 33 heavy (non-hydrogen) atoms. The van der Waals surface area contributed by atoms with Crippen LogP contribution in [0.4, 0.5) is 0 Å². The van der Waals surface area contributed by atoms with E-state index in [-0.39, 0.29) is 0 Å². The van der Waals surface area contributed by atoms with E-state index < -0.39 is 0 Å². The summed E-state index contributed by atoms with van der Waals surface area (Å²) in [6, 6.07) is 12.2. The van der Waals surface area contributed by atoms with Crippen LogP contribution < -0.4 is 0 Å². The highest BCUT2D eigenvalue weighted by Crippen LogP contribution is 2.29. The van der Waals surface area contributed by atoms with Gasteiger partial charge in [0.2, 0.25) is 5.82 Å². The fraction of sp³-hybridized carbons (Fsp3) is 0.440. The number of aromatic nitrogens is 8. The van der Waals surface area contributed by atoms with E-state index in [1.54, 1.807) is 0 Å². The van der Waals surface area contributed by atoms with Gasteiger partial charge in [0.25, 0.3) is 0 Å². The third-order valence-corrected chi connectivity index (χ3v) is 6.40. The molecule has 0 atom stereocenters. The SMILES string of the molecule is CCCn1nc(CC2CCCCC2)nc1Cc1ccc(-c2ccccc2-c2nn[nH]n2)nc1. The molecule has 3 heterocycles. The van der Waals surface area contributed by atoms with E-state index >= 15 is 0 Å². The van der Waals surface area contributed by atoms with Crippen LogP contribution in [0.5, 0.6) is 0 Å². The molecule has 0 saturated heterocycles. The van der Waals surface area contributed by atoms with Crippen molar-refractivity contribution in [3.63, 3.8) is 0 Å². The summed E-state index contributed by atoms with van der Waals surface area (Å²) in [5.41, 5.74) is 3.90. The van der Waals surface area contributed by atoms with Crippen LogP contribution in [-0.4, -0.2) is 40.4 Å². The highest BCUT2D eigenvalue weighted by Gasteiger charge is 2.18. The largest absolute Gasteiger partial charge is 0.256 e. The third kappa shape index (κ3) is 4.99. The van der Waals surface area contributed by atoms with Gasteiger partial charge in [-0.3, -0.25) is 4.98 Å². The van der Waals surface area contributed by atoms with Crippen LogP contribution >= 0.6 is 0 Å². The average Bonchev–Trinajstić information content (AvgIpc) is 3.51. The number of hydrogen-bond acceptors (Lipinski definition) is 6. The summed E-state index contributed by atoms with van der Waals surface area (Å²) in [7, 11) is 0. The predicted octanol–water partition coefficient (Wildman–Crippen LogP) is 4.64. The van der Waals surface area contributed by atoms with Gasteiger partial charge < -0.3 is 0 Å². The Morgan fingerprint density at radius 2 is 1.88 bits per heavy atom. The number of nitrogens with one attached hydrogen (secondary N) is 1. The monoisotopic (exact) mass is 442 g/mol. The van der Waals surface area contributed by atoms with E-state index in [0.29, 0.717) is 5.82 Å². The van der Waals surface area contributed by atoms with Crippen molar-refractivity contribution in [3.05, 3.63) is 59.8 Å². The zero-order valence-corrected chi connectivity index (χ0v) is 19.1. The summed E-state index contributed by atoms with van der Waals surface area (Å²) in [4.78, 5) is 9.69. The molecular formula is C25H30N8. The van der Waals surface area contributed by atoms with E-state index in [2.05, 4.69) is 44.4 Å². The molecule has 0 bridgehead atoms. The molecule has 1 saturated carbocycles. The van der Waals surface area contributed by atoms with Crippen LogP contribution in [0.25, 0.3) is 22.6 Å². The van der Waals surface area contributed by atoms with E-state index in [4.69, 9.17) is 15.1 Å². The minimum atomic E-state index is 0.564. The first-order valence-electron chi connectivity index (χ1n) is 12.0. The fourth-order valence-corrected chi connectivity index (χ4v) is 4.73. The summed E-state index contributed by atoms with van der Waals surface area (Å²) < 4.78 is 2.09. The number of benzene rings is 1. The lowest BCUT2D eigenvalue weighted by molar-refractivity contribution is 0.351. The lowest BCUT2D eigenvalue weighted by atomic mass is 9.87. The van der Waals surface area contributed by atoms with Crippen molar-refractivity contribution in [1.82, 2.24) is 40.4 Å². The number of aryl methyl sites for hydroxylation is 1. The maximum atomic E-state index is 4.94. The maximum absolute atomic E-state index is 4.94. The molecule has 1 N–H and O–H groups in total. The van der Waals surface area contributed by atoms with Crippen LogP contribution in [0.3, 0.4) is 0 Å². The second-order valence-electron chi connectivity index (χ2n) is 8.89. The van der Waals surface area contributed by atoms with E-state index in [1.807, 2.05) is 30.5 Å². The predicted molar refractivity (Wildman–Crippen MR) is 126 cm³/mol. The van der Waals surface area contributed by atoms with Crippen molar-refractivity contribution in [2.75, 3.05) is 0 Å². The molecule has 0 aliphatic heterocycles. The Balaban J connectivity index is 1.34. The first-order valence-corrected chi connectivity index (χ1v) is 12.0. The smallest absolute Gasteiger partial charge is 0.205 e. The zero-order chi connectivity index (χ0) is 22.5. The number of hydrogen-bond donors (Lipinski definition) is 1. The number of rotatable bonds is 8. The summed E-state index contributed by atoms with van der Waals surface area (Å²) in [6.45, 7) is 3.08. The molecule has 3 aromatic heterocycles. The maximum Gasteiger partial charge on any atom is 0.205 e. The molecule has 8 nitrogen and oxygen atoms in total. The number of aromatic amines is 1. The molecule has 8 heteroatoms. The molecule has 1 aromatic carbocycles. The Labute approximate surface area is 193 Å². The Morgan fingerprint density at radius 1 is 1.03 bits per heavy atom. The number of pyridine rings is 1. The second kappa shape index (κ2) is 10.0. The molecular weight excluding hydrogens is 412 g/mol. The molecule has 1 fully saturated rings. The van der Waals surface area contributed by atoms with Crippen LogP contribution in [0.2, 0.25) is 0 Å². The average molecular weight is 443 g/mol. The first kappa shape index (κ1) is 21.4. The molecule has 0 amide bonds. The van der Waals surface area contributed by atoms with Gasteiger partial charge in [-0.15, -0.1) is 10.2 Å². The van der Waals surface area contributed by atoms with Gasteiger partial charge in [0.15, 0.2) is 5.82 Å². The Kier molecular flexibility index (Phi) is 6.51. The Bertz CT molecular complexity index is 1160. The van der Waals surface area contributed by atoms with Crippen LogP contribution in [0, 0.1) is 5.92 Å². The van der Waals surface area contributed by atoms with Crippen LogP contribution in [-0.2, 0) is 19.4 Å². The highest BCUT2D eigenvalue weighted by atomic mass is 15.5. The summed E-state index contributed by atoms with van der Waals surface area (Å²) in [5, 5.41) is 19.3. The first-order chi connectivity index (χ1) is 16.3. The van der Waals surface area contributed by atoms with Gasteiger partial charge in [-0.25, -0.2) is 9.67 Å². The summed E-state index contributed by atoms with van der Waals surface area (Å²) >= 11 is 0. The van der Waals surface area contributed by atoms with Crippen molar-refractivity contribution in [3.8, 4) is 22.6 Å². The van der Waals surface area contributed by atoms with Gasteiger partial charge >= 0.3 is 0 Å². The zero-order valence-electron chi connectivity index (χ0n) is 19.1. The molecule has 0 spiro atoms. The van der Waals surface area contributed by atoms with E-state index in [0.717, 1.165) is 65.8 Å². The van der Waals surface area contributed by atoms with E-state index in [1.165, 1.54) is 32.1 Å². The quantitative estimate of drug-likeness (QED) is 0.427. The molecule has 4 aromatic rings. The molecule has 1 aliphatic carbocycles. The molecule has 0 unspecified atom stereocenters. The Morgan fingerprint density at radius 3 is 2.61 bits per heavy atom. The van der Waals surface area contributed by atoms with Crippen molar-refractivity contribution < 1.29 is 0 Å². The number of H-pyrrole nitrogens is 1. The molecule has 1 aliphatic rings. The van der Waals surface area contributed by atoms with Gasteiger partial charge in [0, 0.05) is 36.7 Å². The van der Waals surface area contributed by atoms with Crippen molar-refractivity contribution in [2.45, 2.75) is 64.8 Å². The standard InChI is InChI=1S/C25H30N8/c1-2-14-33-24(27-23(30-33)15-18-8-4-3-5-9-18)16-19-12-13-22(26-17-19)20-10-6-7-11-21(20)25-28-31-32-29-25/h6-7,10-13,17-18H,2-5,8-9,14-16H2,1H3,(H,28,29,31,32).